The van der Waals surface area contributed by atoms with Crippen molar-refractivity contribution in [2.45, 2.75) is 52.4 Å². The summed E-state index contributed by atoms with van der Waals surface area (Å²) in [6.45, 7) is 11.9. The number of rotatable bonds is 6. The first-order valence-electron chi connectivity index (χ1n) is 8.19. The van der Waals surface area contributed by atoms with Crippen LogP contribution in [0.5, 0.6) is 0 Å². The van der Waals surface area contributed by atoms with Gasteiger partial charge in [-0.3, -0.25) is 9.88 Å². The second-order valence-corrected chi connectivity index (χ2v) is 6.43. The van der Waals surface area contributed by atoms with Crippen molar-refractivity contribution in [1.82, 2.24) is 20.1 Å². The fourth-order valence-corrected chi connectivity index (χ4v) is 2.85. The normalized spacial score (nSPS) is 21.1. The highest BCUT2D eigenvalue weighted by Crippen LogP contribution is 2.13. The standard InChI is InChI=1S/C17H30N4/c1-5-17-13-21(10-9-20(17)4)12-16-8-6-7-15(19-16)11-18-14(2)3/h6-8,14,17-18H,5,9-13H2,1-4H3. The van der Waals surface area contributed by atoms with E-state index in [2.05, 4.69) is 61.1 Å². The van der Waals surface area contributed by atoms with Crippen molar-refractivity contribution < 1.29 is 0 Å². The van der Waals surface area contributed by atoms with E-state index in [4.69, 9.17) is 4.98 Å². The number of hydrogen-bond acceptors (Lipinski definition) is 4. The topological polar surface area (TPSA) is 31.4 Å². The molecule has 4 heteroatoms. The van der Waals surface area contributed by atoms with E-state index < -0.39 is 0 Å². The van der Waals surface area contributed by atoms with E-state index in [9.17, 15) is 0 Å². The van der Waals surface area contributed by atoms with Crippen molar-refractivity contribution in [3.05, 3.63) is 29.6 Å². The average Bonchev–Trinajstić information content (AvgIpc) is 2.47. The Labute approximate surface area is 129 Å². The highest BCUT2D eigenvalue weighted by Gasteiger charge is 2.22. The molecule has 1 atom stereocenters. The third-order valence-corrected chi connectivity index (χ3v) is 4.27. The molecule has 1 aliphatic rings. The van der Waals surface area contributed by atoms with Gasteiger partial charge >= 0.3 is 0 Å². The van der Waals surface area contributed by atoms with E-state index in [1.54, 1.807) is 0 Å². The minimum absolute atomic E-state index is 0.499. The summed E-state index contributed by atoms with van der Waals surface area (Å²) in [4.78, 5) is 9.81. The number of aromatic nitrogens is 1. The number of nitrogens with one attached hydrogen (secondary N) is 1. The lowest BCUT2D eigenvalue weighted by Crippen LogP contribution is -2.50. The molecule has 2 heterocycles. The number of nitrogens with zero attached hydrogens (tertiary/aromatic N) is 3. The summed E-state index contributed by atoms with van der Waals surface area (Å²) >= 11 is 0. The Morgan fingerprint density at radius 3 is 2.76 bits per heavy atom. The van der Waals surface area contributed by atoms with Crippen molar-refractivity contribution in [1.29, 1.82) is 0 Å². The Bertz CT molecular complexity index is 433. The van der Waals surface area contributed by atoms with Crippen LogP contribution in [-0.2, 0) is 13.1 Å². The van der Waals surface area contributed by atoms with Crippen molar-refractivity contribution in [3.63, 3.8) is 0 Å². The van der Waals surface area contributed by atoms with Gasteiger partial charge in [0.05, 0.1) is 11.4 Å². The van der Waals surface area contributed by atoms with Crippen LogP contribution in [-0.4, -0.2) is 53.5 Å². The Kier molecular flexibility index (Phi) is 6.15. The maximum atomic E-state index is 4.79. The molecule has 0 saturated carbocycles. The minimum Gasteiger partial charge on any atom is -0.309 e. The summed E-state index contributed by atoms with van der Waals surface area (Å²) in [5, 5.41) is 3.43. The van der Waals surface area contributed by atoms with Gasteiger partial charge < -0.3 is 10.2 Å². The summed E-state index contributed by atoms with van der Waals surface area (Å²) in [7, 11) is 2.24. The van der Waals surface area contributed by atoms with Crippen molar-refractivity contribution >= 4 is 0 Å². The monoisotopic (exact) mass is 290 g/mol. The number of pyridine rings is 1. The van der Waals surface area contributed by atoms with Gasteiger partial charge in [0.2, 0.25) is 0 Å². The summed E-state index contributed by atoms with van der Waals surface area (Å²) in [6, 6.07) is 7.58. The summed E-state index contributed by atoms with van der Waals surface area (Å²) < 4.78 is 0. The fraction of sp³-hybridized carbons (Fsp3) is 0.706. The third kappa shape index (κ3) is 5.06. The Hall–Kier alpha value is -0.970. The molecule has 1 saturated heterocycles. The molecular weight excluding hydrogens is 260 g/mol. The van der Waals surface area contributed by atoms with Gasteiger partial charge in [-0.2, -0.15) is 0 Å². The molecule has 2 rings (SSSR count). The third-order valence-electron chi connectivity index (χ3n) is 4.27. The van der Waals surface area contributed by atoms with Crippen LogP contribution >= 0.6 is 0 Å². The SMILES string of the molecule is CCC1CN(Cc2cccc(CNC(C)C)n2)CCN1C. The predicted molar refractivity (Wildman–Crippen MR) is 88.2 cm³/mol. The molecule has 1 aromatic heterocycles. The van der Waals surface area contributed by atoms with Crippen LogP contribution in [0.15, 0.2) is 18.2 Å². The van der Waals surface area contributed by atoms with Crippen LogP contribution < -0.4 is 5.32 Å². The highest BCUT2D eigenvalue weighted by atomic mass is 15.3. The van der Waals surface area contributed by atoms with E-state index in [0.29, 0.717) is 12.1 Å². The molecule has 1 N–H and O–H groups in total. The zero-order chi connectivity index (χ0) is 15.2. The van der Waals surface area contributed by atoms with Gasteiger partial charge in [0.15, 0.2) is 0 Å². The molecular formula is C17H30N4. The van der Waals surface area contributed by atoms with Gasteiger partial charge in [0.25, 0.3) is 0 Å². The zero-order valence-corrected chi connectivity index (χ0v) is 14.0. The molecule has 0 aliphatic carbocycles. The molecule has 0 aromatic carbocycles. The Balaban J connectivity index is 1.92. The van der Waals surface area contributed by atoms with Crippen LogP contribution in [0, 0.1) is 0 Å². The van der Waals surface area contributed by atoms with Crippen LogP contribution in [0.3, 0.4) is 0 Å². The van der Waals surface area contributed by atoms with Gasteiger partial charge in [-0.1, -0.05) is 26.8 Å². The van der Waals surface area contributed by atoms with Gasteiger partial charge in [-0.05, 0) is 25.6 Å². The van der Waals surface area contributed by atoms with E-state index in [1.165, 1.54) is 12.1 Å². The van der Waals surface area contributed by atoms with E-state index in [-0.39, 0.29) is 0 Å². The Morgan fingerprint density at radius 2 is 2.05 bits per heavy atom. The van der Waals surface area contributed by atoms with Gasteiger partial charge in [-0.25, -0.2) is 0 Å². The van der Waals surface area contributed by atoms with Crippen molar-refractivity contribution in [3.8, 4) is 0 Å². The fourth-order valence-electron chi connectivity index (χ4n) is 2.85. The first-order valence-corrected chi connectivity index (χ1v) is 8.19. The largest absolute Gasteiger partial charge is 0.309 e. The lowest BCUT2D eigenvalue weighted by Gasteiger charge is -2.39. The maximum Gasteiger partial charge on any atom is 0.0547 e. The molecule has 1 aliphatic heterocycles. The summed E-state index contributed by atoms with van der Waals surface area (Å²) in [5.41, 5.74) is 2.33. The smallest absolute Gasteiger partial charge is 0.0547 e. The number of hydrogen-bond donors (Lipinski definition) is 1. The first-order chi connectivity index (χ1) is 10.1. The second kappa shape index (κ2) is 7.87. The molecule has 0 amide bonds. The van der Waals surface area contributed by atoms with Gasteiger partial charge in [0.1, 0.15) is 0 Å². The summed E-state index contributed by atoms with van der Waals surface area (Å²) in [5.74, 6) is 0. The number of piperazine rings is 1. The Morgan fingerprint density at radius 1 is 1.29 bits per heavy atom. The summed E-state index contributed by atoms with van der Waals surface area (Å²) in [6.07, 6.45) is 1.22. The maximum absolute atomic E-state index is 4.79. The molecule has 0 radical (unpaired) electrons. The van der Waals surface area contributed by atoms with E-state index in [0.717, 1.165) is 38.4 Å². The lowest BCUT2D eigenvalue weighted by atomic mass is 10.1. The zero-order valence-electron chi connectivity index (χ0n) is 14.0. The van der Waals surface area contributed by atoms with Crippen LogP contribution in [0.25, 0.3) is 0 Å². The predicted octanol–water partition coefficient (Wildman–Crippen LogP) is 2.11. The number of likely N-dealkylation sites (N-methyl/N-ethyl adjacent to an activating group) is 1. The van der Waals surface area contributed by atoms with Crippen LogP contribution in [0.2, 0.25) is 0 Å². The molecule has 4 nitrogen and oxygen atoms in total. The highest BCUT2D eigenvalue weighted by molar-refractivity contribution is 5.11. The molecule has 1 aromatic rings. The van der Waals surface area contributed by atoms with Crippen molar-refractivity contribution in [2.24, 2.45) is 0 Å². The van der Waals surface area contributed by atoms with Crippen LogP contribution in [0.4, 0.5) is 0 Å². The lowest BCUT2D eigenvalue weighted by molar-refractivity contribution is 0.0875. The molecule has 0 spiro atoms. The second-order valence-electron chi connectivity index (χ2n) is 6.43. The molecule has 21 heavy (non-hydrogen) atoms. The first kappa shape index (κ1) is 16.4. The molecule has 1 fully saturated rings. The average molecular weight is 290 g/mol. The quantitative estimate of drug-likeness (QED) is 0.869. The minimum atomic E-state index is 0.499. The van der Waals surface area contributed by atoms with E-state index in [1.807, 2.05) is 0 Å². The van der Waals surface area contributed by atoms with E-state index >= 15 is 0 Å². The molecule has 118 valence electrons. The van der Waals surface area contributed by atoms with Crippen molar-refractivity contribution in [2.75, 3.05) is 26.7 Å². The van der Waals surface area contributed by atoms with Gasteiger partial charge in [0, 0.05) is 44.8 Å². The molecule has 1 unspecified atom stereocenters. The van der Waals surface area contributed by atoms with Crippen LogP contribution in [0.1, 0.15) is 38.6 Å². The van der Waals surface area contributed by atoms with Gasteiger partial charge in [-0.15, -0.1) is 0 Å². The molecule has 0 bridgehead atoms.